The molecule has 0 atom stereocenters. The number of amides is 1. The van der Waals surface area contributed by atoms with Crippen LogP contribution >= 0.6 is 0 Å². The van der Waals surface area contributed by atoms with Crippen molar-refractivity contribution < 1.29 is 4.79 Å². The Hall–Kier alpha value is -1.58. The summed E-state index contributed by atoms with van der Waals surface area (Å²) in [4.78, 5) is 18.7. The predicted molar refractivity (Wildman–Crippen MR) is 75.4 cm³/mol. The van der Waals surface area contributed by atoms with Crippen LogP contribution in [-0.2, 0) is 0 Å². The average Bonchev–Trinajstić information content (AvgIpc) is 3.12. The van der Waals surface area contributed by atoms with Crippen LogP contribution < -0.4 is 10.2 Å². The van der Waals surface area contributed by atoms with E-state index < -0.39 is 0 Å². The summed E-state index contributed by atoms with van der Waals surface area (Å²) < 4.78 is 0. The Kier molecular flexibility index (Phi) is 3.67. The van der Waals surface area contributed by atoms with Crippen LogP contribution in [-0.4, -0.2) is 30.0 Å². The van der Waals surface area contributed by atoms with E-state index in [2.05, 4.69) is 15.2 Å². The molecule has 1 aliphatic carbocycles. The standard InChI is InChI=1S/C15H21N3O/c19-15(17-12-5-1-2-6-12)14-11-13(7-8-16-14)18-9-3-4-10-18/h7-8,11-12H,1-6,9-10H2,(H,17,19). The van der Waals surface area contributed by atoms with Gasteiger partial charge in [0.15, 0.2) is 0 Å². The first-order chi connectivity index (χ1) is 9.33. The number of anilines is 1. The maximum atomic E-state index is 12.2. The SMILES string of the molecule is O=C(NC1CCCC1)c1cc(N2CCCC2)ccn1. The molecule has 2 fully saturated rings. The van der Waals surface area contributed by atoms with Crippen molar-refractivity contribution >= 4 is 11.6 Å². The molecular weight excluding hydrogens is 238 g/mol. The van der Waals surface area contributed by atoms with Crippen molar-refractivity contribution in [2.45, 2.75) is 44.6 Å². The highest BCUT2D eigenvalue weighted by molar-refractivity contribution is 5.93. The second-order valence-corrected chi connectivity index (χ2v) is 5.55. The van der Waals surface area contributed by atoms with E-state index in [-0.39, 0.29) is 5.91 Å². The minimum absolute atomic E-state index is 0.0204. The van der Waals surface area contributed by atoms with Crippen LogP contribution in [0.25, 0.3) is 0 Å². The van der Waals surface area contributed by atoms with Gasteiger partial charge in [-0.05, 0) is 37.8 Å². The third-order valence-corrected chi connectivity index (χ3v) is 4.14. The van der Waals surface area contributed by atoms with Gasteiger partial charge < -0.3 is 10.2 Å². The quantitative estimate of drug-likeness (QED) is 0.906. The summed E-state index contributed by atoms with van der Waals surface area (Å²) in [7, 11) is 0. The van der Waals surface area contributed by atoms with Crippen LogP contribution in [0, 0.1) is 0 Å². The molecule has 19 heavy (non-hydrogen) atoms. The normalized spacial score (nSPS) is 19.9. The van der Waals surface area contributed by atoms with Gasteiger partial charge in [0.1, 0.15) is 5.69 Å². The summed E-state index contributed by atoms with van der Waals surface area (Å²) in [5, 5.41) is 3.09. The molecular formula is C15H21N3O. The highest BCUT2D eigenvalue weighted by Crippen LogP contribution is 2.21. The van der Waals surface area contributed by atoms with Gasteiger partial charge in [0.05, 0.1) is 0 Å². The maximum Gasteiger partial charge on any atom is 0.270 e. The second-order valence-electron chi connectivity index (χ2n) is 5.55. The molecule has 2 heterocycles. The van der Waals surface area contributed by atoms with Gasteiger partial charge >= 0.3 is 0 Å². The van der Waals surface area contributed by atoms with E-state index in [0.717, 1.165) is 31.6 Å². The number of aromatic nitrogens is 1. The smallest absolute Gasteiger partial charge is 0.270 e. The number of hydrogen-bond donors (Lipinski definition) is 1. The van der Waals surface area contributed by atoms with Crippen LogP contribution in [0.3, 0.4) is 0 Å². The van der Waals surface area contributed by atoms with E-state index in [1.165, 1.54) is 25.7 Å². The van der Waals surface area contributed by atoms with E-state index in [9.17, 15) is 4.79 Å². The molecule has 4 nitrogen and oxygen atoms in total. The fourth-order valence-electron chi connectivity index (χ4n) is 3.05. The molecule has 4 heteroatoms. The van der Waals surface area contributed by atoms with E-state index in [1.807, 2.05) is 12.1 Å². The fourth-order valence-corrected chi connectivity index (χ4v) is 3.05. The summed E-state index contributed by atoms with van der Waals surface area (Å²) in [6.07, 6.45) is 8.91. The summed E-state index contributed by atoms with van der Waals surface area (Å²) >= 11 is 0. The first-order valence-electron chi connectivity index (χ1n) is 7.35. The number of carbonyl (C=O) groups is 1. The molecule has 1 aromatic heterocycles. The van der Waals surface area contributed by atoms with Crippen molar-refractivity contribution in [2.75, 3.05) is 18.0 Å². The lowest BCUT2D eigenvalue weighted by Crippen LogP contribution is -2.33. The third-order valence-electron chi connectivity index (χ3n) is 4.14. The Morgan fingerprint density at radius 2 is 1.95 bits per heavy atom. The zero-order chi connectivity index (χ0) is 13.1. The van der Waals surface area contributed by atoms with Gasteiger partial charge in [0, 0.05) is 31.0 Å². The number of rotatable bonds is 3. The van der Waals surface area contributed by atoms with Crippen LogP contribution in [0.15, 0.2) is 18.3 Å². The molecule has 0 radical (unpaired) electrons. The summed E-state index contributed by atoms with van der Waals surface area (Å²) in [6.45, 7) is 2.18. The molecule has 2 aliphatic rings. The van der Waals surface area contributed by atoms with Gasteiger partial charge in [0.2, 0.25) is 0 Å². The van der Waals surface area contributed by atoms with Crippen molar-refractivity contribution in [3.8, 4) is 0 Å². The van der Waals surface area contributed by atoms with E-state index in [4.69, 9.17) is 0 Å². The zero-order valence-corrected chi connectivity index (χ0v) is 11.3. The largest absolute Gasteiger partial charge is 0.371 e. The number of carbonyl (C=O) groups excluding carboxylic acids is 1. The van der Waals surface area contributed by atoms with Crippen LogP contribution in [0.1, 0.15) is 49.0 Å². The van der Waals surface area contributed by atoms with Crippen LogP contribution in [0.5, 0.6) is 0 Å². The number of hydrogen-bond acceptors (Lipinski definition) is 3. The third kappa shape index (κ3) is 2.88. The van der Waals surface area contributed by atoms with Crippen LogP contribution in [0.4, 0.5) is 5.69 Å². The minimum atomic E-state index is -0.0204. The van der Waals surface area contributed by atoms with Gasteiger partial charge in [0.25, 0.3) is 5.91 Å². The first-order valence-corrected chi connectivity index (χ1v) is 7.35. The fraction of sp³-hybridized carbons (Fsp3) is 0.600. The summed E-state index contributed by atoms with van der Waals surface area (Å²) in [5.41, 5.74) is 1.68. The number of pyridine rings is 1. The molecule has 1 saturated heterocycles. The number of nitrogens with zero attached hydrogens (tertiary/aromatic N) is 2. The van der Waals surface area contributed by atoms with Crippen LogP contribution in [0.2, 0.25) is 0 Å². The molecule has 1 saturated carbocycles. The highest BCUT2D eigenvalue weighted by Gasteiger charge is 2.19. The lowest BCUT2D eigenvalue weighted by molar-refractivity contribution is 0.0933. The van der Waals surface area contributed by atoms with Gasteiger partial charge in [-0.1, -0.05) is 12.8 Å². The van der Waals surface area contributed by atoms with Crippen molar-refractivity contribution in [3.05, 3.63) is 24.0 Å². The highest BCUT2D eigenvalue weighted by atomic mass is 16.1. The van der Waals surface area contributed by atoms with Crippen molar-refractivity contribution in [3.63, 3.8) is 0 Å². The Morgan fingerprint density at radius 3 is 2.68 bits per heavy atom. The molecule has 0 bridgehead atoms. The Balaban J connectivity index is 1.69. The summed E-state index contributed by atoms with van der Waals surface area (Å²) in [6, 6.07) is 4.28. The molecule has 0 unspecified atom stereocenters. The van der Waals surface area contributed by atoms with E-state index in [0.29, 0.717) is 11.7 Å². The Morgan fingerprint density at radius 1 is 1.21 bits per heavy atom. The Bertz CT molecular complexity index is 448. The molecule has 1 amide bonds. The molecule has 3 rings (SSSR count). The van der Waals surface area contributed by atoms with E-state index >= 15 is 0 Å². The van der Waals surface area contributed by atoms with E-state index in [1.54, 1.807) is 6.20 Å². The zero-order valence-electron chi connectivity index (χ0n) is 11.3. The van der Waals surface area contributed by atoms with Gasteiger partial charge in [-0.25, -0.2) is 0 Å². The first kappa shape index (κ1) is 12.5. The predicted octanol–water partition coefficient (Wildman–Crippen LogP) is 2.35. The van der Waals surface area contributed by atoms with Gasteiger partial charge in [-0.15, -0.1) is 0 Å². The molecule has 0 aromatic carbocycles. The van der Waals surface area contributed by atoms with Crippen molar-refractivity contribution in [1.29, 1.82) is 0 Å². The van der Waals surface area contributed by atoms with Crippen molar-refractivity contribution in [2.24, 2.45) is 0 Å². The molecule has 1 N–H and O–H groups in total. The topological polar surface area (TPSA) is 45.2 Å². The molecule has 0 spiro atoms. The molecule has 102 valence electrons. The maximum absolute atomic E-state index is 12.2. The summed E-state index contributed by atoms with van der Waals surface area (Å²) in [5.74, 6) is -0.0204. The minimum Gasteiger partial charge on any atom is -0.371 e. The van der Waals surface area contributed by atoms with Crippen molar-refractivity contribution in [1.82, 2.24) is 10.3 Å². The molecule has 1 aliphatic heterocycles. The monoisotopic (exact) mass is 259 g/mol. The lowest BCUT2D eigenvalue weighted by atomic mass is 10.2. The average molecular weight is 259 g/mol. The second kappa shape index (κ2) is 5.59. The van der Waals surface area contributed by atoms with Gasteiger partial charge in [-0.3, -0.25) is 9.78 Å². The molecule has 1 aromatic rings. The van der Waals surface area contributed by atoms with Gasteiger partial charge in [-0.2, -0.15) is 0 Å². The number of nitrogens with one attached hydrogen (secondary N) is 1. The lowest BCUT2D eigenvalue weighted by Gasteiger charge is -2.18. The Labute approximate surface area is 114 Å².